The molecule has 0 radical (unpaired) electrons. The number of esters is 2. The fraction of sp³-hybridized carbons (Fsp3) is 0.414. The van der Waals surface area contributed by atoms with E-state index >= 15 is 0 Å². The average molecular weight is 646 g/mol. The Morgan fingerprint density at radius 3 is 2.61 bits per heavy atom. The lowest BCUT2D eigenvalue weighted by molar-refractivity contribution is -0.938. The third-order valence-electron chi connectivity index (χ3n) is 7.68. The van der Waals surface area contributed by atoms with Crippen LogP contribution < -0.4 is 27.0 Å². The minimum Gasteiger partial charge on any atom is -1.00 e. The van der Waals surface area contributed by atoms with Gasteiger partial charge in [0.05, 0.1) is 32.4 Å². The van der Waals surface area contributed by atoms with Crippen molar-refractivity contribution in [3.05, 3.63) is 70.3 Å². The van der Waals surface area contributed by atoms with Crippen molar-refractivity contribution >= 4 is 34.7 Å². The van der Waals surface area contributed by atoms with Gasteiger partial charge in [-0.3, -0.25) is 4.79 Å². The van der Waals surface area contributed by atoms with E-state index in [0.717, 1.165) is 25.9 Å². The van der Waals surface area contributed by atoms with E-state index in [9.17, 15) is 14.4 Å². The summed E-state index contributed by atoms with van der Waals surface area (Å²) in [6, 6.07) is 9.38. The molecule has 218 valence electrons. The Morgan fingerprint density at radius 1 is 1.15 bits per heavy atom. The van der Waals surface area contributed by atoms with Crippen LogP contribution in [-0.4, -0.2) is 78.2 Å². The van der Waals surface area contributed by atoms with Crippen LogP contribution in [0.1, 0.15) is 51.5 Å². The number of hydrogen-bond acceptors (Lipinski definition) is 10. The summed E-state index contributed by atoms with van der Waals surface area (Å²) < 4.78 is 17.1. The van der Waals surface area contributed by atoms with Gasteiger partial charge in [0.25, 0.3) is 0 Å². The van der Waals surface area contributed by atoms with E-state index in [1.807, 2.05) is 5.38 Å². The molecule has 3 saturated heterocycles. The number of benzene rings is 1. The van der Waals surface area contributed by atoms with Gasteiger partial charge in [0.1, 0.15) is 13.1 Å². The highest BCUT2D eigenvalue weighted by Crippen LogP contribution is 2.37. The Bertz CT molecular complexity index is 1350. The van der Waals surface area contributed by atoms with E-state index < -0.39 is 18.0 Å². The third-order valence-corrected chi connectivity index (χ3v) is 8.50. The van der Waals surface area contributed by atoms with Crippen LogP contribution in [0.5, 0.6) is 5.88 Å². The molecule has 2 bridgehead atoms. The predicted molar refractivity (Wildman–Crippen MR) is 148 cm³/mol. The number of pyridine rings is 1. The van der Waals surface area contributed by atoms with Gasteiger partial charge in [0.2, 0.25) is 11.7 Å². The van der Waals surface area contributed by atoms with E-state index in [4.69, 9.17) is 14.2 Å². The zero-order valence-electron chi connectivity index (χ0n) is 23.0. The summed E-state index contributed by atoms with van der Waals surface area (Å²) in [6.45, 7) is 4.75. The summed E-state index contributed by atoms with van der Waals surface area (Å²) >= 11 is 1.36. The number of ketones is 1. The summed E-state index contributed by atoms with van der Waals surface area (Å²) in [5, 5.41) is 5.57. The molecule has 1 unspecified atom stereocenters. The molecule has 0 saturated carbocycles. The number of thiazole rings is 1. The number of nitrogens with zero attached hydrogens (tertiary/aromatic N) is 3. The zero-order chi connectivity index (χ0) is 28.1. The second-order valence-corrected chi connectivity index (χ2v) is 11.1. The lowest BCUT2D eigenvalue weighted by Crippen LogP contribution is -3.00. The molecule has 0 spiro atoms. The van der Waals surface area contributed by atoms with Crippen LogP contribution in [0.2, 0.25) is 0 Å². The first-order valence-corrected chi connectivity index (χ1v) is 14.3. The lowest BCUT2D eigenvalue weighted by atomic mass is 9.83. The Hall–Kier alpha value is -3.35. The normalized spacial score (nSPS) is 21.7. The number of nitrogens with one attached hydrogen (secondary N) is 1. The Morgan fingerprint density at radius 2 is 1.95 bits per heavy atom. The number of methoxy groups -OCH3 is 1. The van der Waals surface area contributed by atoms with E-state index in [-0.39, 0.29) is 41.4 Å². The molecule has 3 aliphatic heterocycles. The molecular weight excluding hydrogens is 612 g/mol. The quantitative estimate of drug-likeness (QED) is 0.185. The summed E-state index contributed by atoms with van der Waals surface area (Å²) in [5.74, 6) is -0.179. The fourth-order valence-electron chi connectivity index (χ4n) is 5.61. The predicted octanol–water partition coefficient (Wildman–Crippen LogP) is 0.916. The van der Waals surface area contributed by atoms with Gasteiger partial charge >= 0.3 is 11.9 Å². The number of aromatic nitrogens is 2. The number of anilines is 1. The largest absolute Gasteiger partial charge is 1.00 e. The maximum Gasteiger partial charge on any atom is 0.338 e. The van der Waals surface area contributed by atoms with Gasteiger partial charge in [0.15, 0.2) is 17.2 Å². The van der Waals surface area contributed by atoms with Gasteiger partial charge in [0, 0.05) is 53.9 Å². The first-order chi connectivity index (χ1) is 19.4. The number of rotatable bonds is 11. The SMILES string of the molecule is CCOC(=O)c1cccc(NC(C(=O)O[C@H]2C[N+]3(CC(=O)c4nccs4)CCC2CC3)c2ccc(OC)nc2)c1.[Br-]. The minimum atomic E-state index is -0.878. The fourth-order valence-corrected chi connectivity index (χ4v) is 6.17. The molecule has 0 amide bonds. The van der Waals surface area contributed by atoms with Gasteiger partial charge in [-0.1, -0.05) is 6.07 Å². The van der Waals surface area contributed by atoms with Crippen LogP contribution >= 0.6 is 11.3 Å². The van der Waals surface area contributed by atoms with Crippen molar-refractivity contribution in [2.45, 2.75) is 31.9 Å². The minimum absolute atomic E-state index is 0. The van der Waals surface area contributed by atoms with Crippen molar-refractivity contribution in [3.8, 4) is 5.88 Å². The number of halogens is 1. The van der Waals surface area contributed by atoms with E-state index in [1.54, 1.807) is 55.7 Å². The number of fused-ring (bicyclic) bond motifs is 3. The maximum absolute atomic E-state index is 13.8. The van der Waals surface area contributed by atoms with E-state index in [2.05, 4.69) is 15.3 Å². The van der Waals surface area contributed by atoms with Gasteiger partial charge in [-0.2, -0.15) is 0 Å². The summed E-state index contributed by atoms with van der Waals surface area (Å²) in [5.41, 5.74) is 1.53. The third kappa shape index (κ3) is 7.11. The lowest BCUT2D eigenvalue weighted by Gasteiger charge is -2.51. The number of ether oxygens (including phenoxy) is 3. The average Bonchev–Trinajstić information content (AvgIpc) is 3.52. The molecule has 1 N–H and O–H groups in total. The summed E-state index contributed by atoms with van der Waals surface area (Å²) in [4.78, 5) is 47.4. The molecule has 41 heavy (non-hydrogen) atoms. The van der Waals surface area contributed by atoms with Crippen molar-refractivity contribution in [2.24, 2.45) is 5.92 Å². The first kappa shape index (κ1) is 30.6. The van der Waals surface area contributed by atoms with Crippen LogP contribution in [0.4, 0.5) is 5.69 Å². The molecule has 3 aromatic rings. The molecule has 2 atom stereocenters. The Kier molecular flexibility index (Phi) is 10.1. The number of hydrogen-bond donors (Lipinski definition) is 1. The smallest absolute Gasteiger partial charge is 0.338 e. The maximum atomic E-state index is 13.8. The molecule has 12 heteroatoms. The highest BCUT2D eigenvalue weighted by atomic mass is 79.9. The molecule has 3 fully saturated rings. The highest BCUT2D eigenvalue weighted by molar-refractivity contribution is 7.11. The van der Waals surface area contributed by atoms with Crippen molar-refractivity contribution in [2.75, 3.05) is 45.2 Å². The molecular formula is C29H33BrN4O6S. The molecule has 6 rings (SSSR count). The Balaban J connectivity index is 0.00000387. The van der Waals surface area contributed by atoms with Crippen molar-refractivity contribution in [1.29, 1.82) is 0 Å². The van der Waals surface area contributed by atoms with Gasteiger partial charge in [-0.05, 0) is 31.2 Å². The van der Waals surface area contributed by atoms with Gasteiger partial charge in [-0.15, -0.1) is 11.3 Å². The molecule has 1 aromatic carbocycles. The second kappa shape index (κ2) is 13.5. The number of piperidine rings is 3. The molecule has 0 aliphatic carbocycles. The van der Waals surface area contributed by atoms with Crippen molar-refractivity contribution < 1.29 is 50.1 Å². The number of Topliss-reactive ketones (excluding diaryl/α,β-unsaturated/α-hetero) is 1. The monoisotopic (exact) mass is 644 g/mol. The van der Waals surface area contributed by atoms with Crippen LogP contribution in [0.15, 0.2) is 54.2 Å². The van der Waals surface area contributed by atoms with E-state index in [1.165, 1.54) is 18.4 Å². The van der Waals surface area contributed by atoms with Gasteiger partial charge < -0.3 is 41.0 Å². The first-order valence-electron chi connectivity index (χ1n) is 13.4. The van der Waals surface area contributed by atoms with Crippen molar-refractivity contribution in [3.63, 3.8) is 0 Å². The second-order valence-electron chi connectivity index (χ2n) is 10.2. The zero-order valence-corrected chi connectivity index (χ0v) is 25.4. The van der Waals surface area contributed by atoms with Crippen LogP contribution in [0.3, 0.4) is 0 Å². The topological polar surface area (TPSA) is 117 Å². The van der Waals surface area contributed by atoms with Gasteiger partial charge in [-0.25, -0.2) is 19.6 Å². The van der Waals surface area contributed by atoms with Crippen molar-refractivity contribution in [1.82, 2.24) is 9.97 Å². The van der Waals surface area contributed by atoms with Crippen LogP contribution in [-0.2, 0) is 14.3 Å². The summed E-state index contributed by atoms with van der Waals surface area (Å²) in [6.07, 6.45) is 4.71. The van der Waals surface area contributed by atoms with Crippen LogP contribution in [0, 0.1) is 5.92 Å². The van der Waals surface area contributed by atoms with E-state index in [0.29, 0.717) is 45.3 Å². The highest BCUT2D eigenvalue weighted by Gasteiger charge is 2.49. The standard InChI is InChI=1S/C29H33N4O6S.BrH/c1-3-38-28(35)20-5-4-6-22(15-20)32-26(21-7-8-25(37-2)31-16-21)29(36)39-24-18-33(12-9-19(24)10-13-33)17-23(34)27-30-11-14-40-27;/h4-8,11,14-16,19,24,26,32H,3,9-10,12-13,17-18H2,1-2H3;1H/q+1;/p-1/t19?,24-,26?,33?;/m0./s1. The Labute approximate surface area is 253 Å². The molecule has 10 nitrogen and oxygen atoms in total. The molecule has 2 aromatic heterocycles. The van der Waals surface area contributed by atoms with Crippen LogP contribution in [0.25, 0.3) is 0 Å². The molecule has 5 heterocycles. The number of carbonyl (C=O) groups is 3. The summed E-state index contributed by atoms with van der Waals surface area (Å²) in [7, 11) is 1.53. The molecule has 3 aliphatic rings. The number of carbonyl (C=O) groups excluding carboxylic acids is 3. The number of quaternary nitrogens is 1.